The Morgan fingerprint density at radius 1 is 1.41 bits per heavy atom. The van der Waals surface area contributed by atoms with Gasteiger partial charge in [0.25, 0.3) is 0 Å². The van der Waals surface area contributed by atoms with Gasteiger partial charge in [0, 0.05) is 13.1 Å². The third-order valence-corrected chi connectivity index (χ3v) is 3.06. The summed E-state index contributed by atoms with van der Waals surface area (Å²) in [6.07, 6.45) is 2.75. The molecule has 0 bridgehead atoms. The molecule has 1 amide bonds. The molecule has 2 rings (SSSR count). The van der Waals surface area contributed by atoms with Crippen LogP contribution in [0.5, 0.6) is 0 Å². The average molecular weight is 296 g/mol. The number of halogens is 1. The molecule has 0 fully saturated rings. The monoisotopic (exact) mass is 295 g/mol. The number of alkyl halides is 1. The molecule has 90 valence electrons. The molecule has 5 heteroatoms. The van der Waals surface area contributed by atoms with Crippen LogP contribution in [-0.2, 0) is 11.3 Å². The van der Waals surface area contributed by atoms with Crippen molar-refractivity contribution in [2.75, 3.05) is 11.9 Å². The highest BCUT2D eigenvalue weighted by atomic mass is 79.9. The summed E-state index contributed by atoms with van der Waals surface area (Å²) in [5, 5.41) is 3.19. The zero-order chi connectivity index (χ0) is 12.1. The van der Waals surface area contributed by atoms with Crippen molar-refractivity contribution in [1.29, 1.82) is 0 Å². The Balaban J connectivity index is 1.89. The number of rotatable bonds is 5. The third kappa shape index (κ3) is 3.06. The van der Waals surface area contributed by atoms with Gasteiger partial charge in [0.05, 0.1) is 22.7 Å². The summed E-state index contributed by atoms with van der Waals surface area (Å²) >= 11 is 3.11. The molecule has 1 heterocycles. The summed E-state index contributed by atoms with van der Waals surface area (Å²) < 4.78 is 2.11. The van der Waals surface area contributed by atoms with Crippen molar-refractivity contribution >= 4 is 32.9 Å². The van der Waals surface area contributed by atoms with Crippen molar-refractivity contribution in [1.82, 2.24) is 14.9 Å². The first-order valence-corrected chi connectivity index (χ1v) is 6.66. The summed E-state index contributed by atoms with van der Waals surface area (Å²) in [5.74, 6) is 0.0282. The maximum Gasteiger partial charge on any atom is 0.230 e. The molecule has 0 aliphatic heterocycles. The fourth-order valence-electron chi connectivity index (χ4n) is 1.71. The average Bonchev–Trinajstić information content (AvgIpc) is 2.78. The van der Waals surface area contributed by atoms with Gasteiger partial charge in [0.1, 0.15) is 0 Å². The van der Waals surface area contributed by atoms with Crippen LogP contribution in [0.2, 0.25) is 0 Å². The van der Waals surface area contributed by atoms with Crippen LogP contribution >= 0.6 is 15.9 Å². The van der Waals surface area contributed by atoms with Crippen molar-refractivity contribution in [2.45, 2.75) is 13.0 Å². The number of carbonyl (C=O) groups is 1. The first-order chi connectivity index (χ1) is 8.31. The van der Waals surface area contributed by atoms with Crippen molar-refractivity contribution in [3.63, 3.8) is 0 Å². The van der Waals surface area contributed by atoms with E-state index in [0.29, 0.717) is 11.9 Å². The highest BCUT2D eigenvalue weighted by Gasteiger charge is 2.01. The van der Waals surface area contributed by atoms with Gasteiger partial charge in [-0.3, -0.25) is 4.79 Å². The number of imidazole rings is 1. The highest BCUT2D eigenvalue weighted by Crippen LogP contribution is 2.11. The molecular formula is C12H14BrN3O. The number of hydrogen-bond donors (Lipinski definition) is 1. The zero-order valence-corrected chi connectivity index (χ0v) is 11.0. The molecule has 0 radical (unpaired) electrons. The lowest BCUT2D eigenvalue weighted by atomic mass is 10.3. The SMILES string of the molecule is O=C(CBr)NCCCn1cnc2ccccc21. The minimum atomic E-state index is 0.0282. The number of amides is 1. The largest absolute Gasteiger partial charge is 0.355 e. The Bertz CT molecular complexity index is 509. The Labute approximate surface area is 108 Å². The van der Waals surface area contributed by atoms with E-state index in [1.54, 1.807) is 0 Å². The standard InChI is InChI=1S/C12H14BrN3O/c13-8-12(17)14-6-3-7-16-9-15-10-4-1-2-5-11(10)16/h1-2,4-5,9H,3,6-8H2,(H,14,17). The van der Waals surface area contributed by atoms with Crippen molar-refractivity contribution in [3.05, 3.63) is 30.6 Å². The van der Waals surface area contributed by atoms with E-state index in [0.717, 1.165) is 24.0 Å². The van der Waals surface area contributed by atoms with Crippen LogP contribution in [0, 0.1) is 0 Å². The van der Waals surface area contributed by atoms with E-state index >= 15 is 0 Å². The first kappa shape index (κ1) is 12.1. The molecule has 17 heavy (non-hydrogen) atoms. The maximum absolute atomic E-state index is 11.0. The molecule has 0 unspecified atom stereocenters. The predicted octanol–water partition coefficient (Wildman–Crippen LogP) is 1.94. The van der Waals surface area contributed by atoms with Crippen molar-refractivity contribution in [3.8, 4) is 0 Å². The Kier molecular flexibility index (Phi) is 4.14. The topological polar surface area (TPSA) is 46.9 Å². The first-order valence-electron chi connectivity index (χ1n) is 5.54. The summed E-state index contributed by atoms with van der Waals surface area (Å²) in [6.45, 7) is 1.56. The molecule has 0 saturated heterocycles. The molecule has 0 aliphatic rings. The second-order valence-corrected chi connectivity index (χ2v) is 4.32. The Morgan fingerprint density at radius 2 is 2.24 bits per heavy atom. The number of nitrogens with zero attached hydrogens (tertiary/aromatic N) is 2. The van der Waals surface area contributed by atoms with Gasteiger partial charge in [0.2, 0.25) is 5.91 Å². The Morgan fingerprint density at radius 3 is 3.06 bits per heavy atom. The summed E-state index contributed by atoms with van der Waals surface area (Å²) in [6, 6.07) is 8.04. The number of para-hydroxylation sites is 2. The van der Waals surface area contributed by atoms with Crippen LogP contribution in [0.15, 0.2) is 30.6 Å². The van der Waals surface area contributed by atoms with E-state index < -0.39 is 0 Å². The van der Waals surface area contributed by atoms with Crippen LogP contribution in [0.3, 0.4) is 0 Å². The van der Waals surface area contributed by atoms with E-state index in [1.807, 2.05) is 24.5 Å². The van der Waals surface area contributed by atoms with E-state index in [9.17, 15) is 4.79 Å². The molecule has 4 nitrogen and oxygen atoms in total. The molecule has 1 N–H and O–H groups in total. The summed E-state index contributed by atoms with van der Waals surface area (Å²) in [5.41, 5.74) is 2.15. The van der Waals surface area contributed by atoms with Crippen molar-refractivity contribution < 1.29 is 4.79 Å². The number of aromatic nitrogens is 2. The minimum Gasteiger partial charge on any atom is -0.355 e. The van der Waals surface area contributed by atoms with Gasteiger partial charge in [-0.1, -0.05) is 28.1 Å². The molecule has 1 aromatic carbocycles. The second-order valence-electron chi connectivity index (χ2n) is 3.76. The molecule has 1 aromatic heterocycles. The van der Waals surface area contributed by atoms with Gasteiger partial charge >= 0.3 is 0 Å². The molecule has 2 aromatic rings. The molecule has 0 aliphatic carbocycles. The Hall–Kier alpha value is -1.36. The number of nitrogens with one attached hydrogen (secondary N) is 1. The van der Waals surface area contributed by atoms with Gasteiger partial charge in [-0.05, 0) is 18.6 Å². The number of fused-ring (bicyclic) bond motifs is 1. The van der Waals surface area contributed by atoms with Crippen LogP contribution in [-0.4, -0.2) is 27.3 Å². The van der Waals surface area contributed by atoms with Crippen LogP contribution in [0.4, 0.5) is 0 Å². The molecular weight excluding hydrogens is 282 g/mol. The zero-order valence-electron chi connectivity index (χ0n) is 9.40. The predicted molar refractivity (Wildman–Crippen MR) is 71.2 cm³/mol. The molecule has 0 saturated carbocycles. The van der Waals surface area contributed by atoms with Gasteiger partial charge < -0.3 is 9.88 Å². The van der Waals surface area contributed by atoms with E-state index in [-0.39, 0.29) is 5.91 Å². The normalized spacial score (nSPS) is 10.6. The van der Waals surface area contributed by atoms with Gasteiger partial charge in [-0.2, -0.15) is 0 Å². The summed E-state index contributed by atoms with van der Waals surface area (Å²) in [4.78, 5) is 15.3. The highest BCUT2D eigenvalue weighted by molar-refractivity contribution is 9.09. The fraction of sp³-hybridized carbons (Fsp3) is 0.333. The number of carbonyl (C=O) groups excluding carboxylic acids is 1. The quantitative estimate of drug-likeness (QED) is 0.677. The van der Waals surface area contributed by atoms with E-state index in [1.165, 1.54) is 0 Å². The fourth-order valence-corrected chi connectivity index (χ4v) is 1.91. The van der Waals surface area contributed by atoms with E-state index in [4.69, 9.17) is 0 Å². The lowest BCUT2D eigenvalue weighted by Gasteiger charge is -2.05. The summed E-state index contributed by atoms with van der Waals surface area (Å²) in [7, 11) is 0. The van der Waals surface area contributed by atoms with Crippen LogP contribution < -0.4 is 5.32 Å². The lowest BCUT2D eigenvalue weighted by Crippen LogP contribution is -2.25. The van der Waals surface area contributed by atoms with Gasteiger partial charge in [-0.15, -0.1) is 0 Å². The third-order valence-electron chi connectivity index (χ3n) is 2.55. The van der Waals surface area contributed by atoms with E-state index in [2.05, 4.69) is 36.9 Å². The van der Waals surface area contributed by atoms with Gasteiger partial charge in [0.15, 0.2) is 0 Å². The van der Waals surface area contributed by atoms with Crippen LogP contribution in [0.1, 0.15) is 6.42 Å². The number of hydrogen-bond acceptors (Lipinski definition) is 2. The molecule has 0 atom stereocenters. The van der Waals surface area contributed by atoms with Crippen LogP contribution in [0.25, 0.3) is 11.0 Å². The second kappa shape index (κ2) is 5.82. The lowest BCUT2D eigenvalue weighted by molar-refractivity contribution is -0.118. The van der Waals surface area contributed by atoms with Gasteiger partial charge in [-0.25, -0.2) is 4.98 Å². The maximum atomic E-state index is 11.0. The molecule has 0 spiro atoms. The smallest absolute Gasteiger partial charge is 0.230 e. The number of aryl methyl sites for hydroxylation is 1. The van der Waals surface area contributed by atoms with Crippen molar-refractivity contribution in [2.24, 2.45) is 0 Å². The number of benzene rings is 1. The minimum absolute atomic E-state index is 0.0282.